The smallest absolute Gasteiger partial charge is 0.200 e. The van der Waals surface area contributed by atoms with Crippen LogP contribution in [-0.4, -0.2) is 9.55 Å². The first-order chi connectivity index (χ1) is 14.1. The van der Waals surface area contributed by atoms with Crippen LogP contribution in [0, 0.1) is 5.92 Å². The fourth-order valence-corrected chi connectivity index (χ4v) is 3.85. The molecule has 0 bridgehead atoms. The van der Waals surface area contributed by atoms with E-state index in [-0.39, 0.29) is 0 Å². The highest BCUT2D eigenvalue weighted by atomic mass is 15.2. The Morgan fingerprint density at radius 2 is 1.59 bits per heavy atom. The number of nitrogens with zero attached hydrogens (tertiary/aromatic N) is 2. The van der Waals surface area contributed by atoms with Gasteiger partial charge in [0.25, 0.3) is 0 Å². The lowest BCUT2D eigenvalue weighted by molar-refractivity contribution is 0.602. The van der Waals surface area contributed by atoms with Gasteiger partial charge in [0.2, 0.25) is 5.95 Å². The predicted molar refractivity (Wildman–Crippen MR) is 123 cm³/mol. The predicted octanol–water partition coefficient (Wildman–Crippen LogP) is 6.04. The van der Waals surface area contributed by atoms with Gasteiger partial charge < -0.3 is 10.3 Å². The molecule has 154 valence electrons. The van der Waals surface area contributed by atoms with Crippen molar-refractivity contribution in [1.82, 2.24) is 9.55 Å². The number of benzene rings is 2. The van der Waals surface area contributed by atoms with Crippen molar-refractivity contribution in [1.29, 1.82) is 0 Å². The van der Waals surface area contributed by atoms with Crippen LogP contribution in [0.5, 0.6) is 0 Å². The highest BCUT2D eigenvalue weighted by Gasteiger charge is 2.17. The largest absolute Gasteiger partial charge is 0.369 e. The summed E-state index contributed by atoms with van der Waals surface area (Å²) in [5.74, 6) is 1.18. The quantitative estimate of drug-likeness (QED) is 0.430. The lowest BCUT2D eigenvalue weighted by atomic mass is 10.0. The van der Waals surface area contributed by atoms with E-state index < -0.39 is 0 Å². The van der Waals surface area contributed by atoms with E-state index in [9.17, 15) is 0 Å². The molecule has 0 aliphatic heterocycles. The molecule has 0 radical (unpaired) electrons. The maximum Gasteiger partial charge on any atom is 0.200 e. The zero-order chi connectivity index (χ0) is 20.6. The van der Waals surface area contributed by atoms with E-state index in [4.69, 9.17) is 10.7 Å². The summed E-state index contributed by atoms with van der Waals surface area (Å²) in [6.07, 6.45) is 6.84. The Labute approximate surface area is 176 Å². The zero-order valence-electron chi connectivity index (χ0n) is 18.2. The molecule has 1 heterocycles. The van der Waals surface area contributed by atoms with Gasteiger partial charge >= 0.3 is 0 Å². The minimum Gasteiger partial charge on any atom is -0.369 e. The van der Waals surface area contributed by atoms with Crippen molar-refractivity contribution in [2.75, 3.05) is 5.73 Å². The normalized spacial score (nSPS) is 11.3. The third kappa shape index (κ3) is 5.96. The maximum absolute atomic E-state index is 6.36. The Morgan fingerprint density at radius 3 is 2.24 bits per heavy atom. The minimum absolute atomic E-state index is 0.556. The summed E-state index contributed by atoms with van der Waals surface area (Å²) in [7, 11) is 0. The van der Waals surface area contributed by atoms with Crippen LogP contribution in [0.2, 0.25) is 0 Å². The third-order valence-corrected chi connectivity index (χ3v) is 5.43. The Hall–Kier alpha value is -2.55. The van der Waals surface area contributed by atoms with Gasteiger partial charge in [0.15, 0.2) is 0 Å². The number of nitrogens with two attached hydrogens (primary N) is 1. The first kappa shape index (κ1) is 21.2. The second-order valence-corrected chi connectivity index (χ2v) is 8.48. The van der Waals surface area contributed by atoms with Crippen molar-refractivity contribution in [3.63, 3.8) is 0 Å². The molecule has 0 saturated heterocycles. The average Bonchev–Trinajstić information content (AvgIpc) is 2.98. The van der Waals surface area contributed by atoms with Crippen molar-refractivity contribution in [3.05, 3.63) is 82.7 Å². The van der Waals surface area contributed by atoms with Gasteiger partial charge in [-0.3, -0.25) is 0 Å². The zero-order valence-corrected chi connectivity index (χ0v) is 18.2. The molecule has 0 atom stereocenters. The number of hydrogen-bond donors (Lipinski definition) is 1. The molecule has 0 aliphatic carbocycles. The van der Waals surface area contributed by atoms with E-state index in [0.717, 1.165) is 25.1 Å². The van der Waals surface area contributed by atoms with Crippen LogP contribution in [0.3, 0.4) is 0 Å². The van der Waals surface area contributed by atoms with Gasteiger partial charge in [0.1, 0.15) is 0 Å². The van der Waals surface area contributed by atoms with Crippen LogP contribution in [0.15, 0.2) is 54.6 Å². The summed E-state index contributed by atoms with van der Waals surface area (Å²) in [5, 5.41) is 0. The topological polar surface area (TPSA) is 43.8 Å². The Balaban J connectivity index is 1.80. The third-order valence-electron chi connectivity index (χ3n) is 5.43. The van der Waals surface area contributed by atoms with Crippen LogP contribution >= 0.6 is 0 Å². The molecular formula is C26H35N3. The highest BCUT2D eigenvalue weighted by Crippen LogP contribution is 2.23. The van der Waals surface area contributed by atoms with E-state index in [2.05, 4.69) is 73.9 Å². The molecule has 3 heteroatoms. The number of rotatable bonds is 10. The Bertz CT molecular complexity index is 876. The van der Waals surface area contributed by atoms with Crippen molar-refractivity contribution < 1.29 is 0 Å². The standard InChI is InChI=1S/C26H35N3/c1-4-5-7-10-21-13-15-22(16-14-21)18-24-25(17-20(2)3)29(26(27)28-24)19-23-11-8-6-9-12-23/h6,8-9,11-16,20H,4-5,7,10,17-19H2,1-3H3,(H2,27,28). The molecule has 0 amide bonds. The van der Waals surface area contributed by atoms with Crippen LogP contribution < -0.4 is 5.73 Å². The monoisotopic (exact) mass is 389 g/mol. The molecule has 1 aromatic heterocycles. The van der Waals surface area contributed by atoms with E-state index >= 15 is 0 Å². The van der Waals surface area contributed by atoms with Gasteiger partial charge in [0.05, 0.1) is 12.2 Å². The lowest BCUT2D eigenvalue weighted by Crippen LogP contribution is -2.11. The molecule has 3 aromatic rings. The minimum atomic E-state index is 0.556. The number of nitrogen functional groups attached to an aromatic ring is 1. The van der Waals surface area contributed by atoms with Crippen LogP contribution in [0.1, 0.15) is 68.1 Å². The van der Waals surface area contributed by atoms with Gasteiger partial charge in [-0.1, -0.05) is 88.2 Å². The number of imidazole rings is 1. The second-order valence-electron chi connectivity index (χ2n) is 8.48. The van der Waals surface area contributed by atoms with Gasteiger partial charge in [-0.05, 0) is 41.9 Å². The molecule has 0 saturated carbocycles. The first-order valence-corrected chi connectivity index (χ1v) is 11.0. The first-order valence-electron chi connectivity index (χ1n) is 11.0. The van der Waals surface area contributed by atoms with E-state index in [0.29, 0.717) is 11.9 Å². The molecule has 3 nitrogen and oxygen atoms in total. The summed E-state index contributed by atoms with van der Waals surface area (Å²) >= 11 is 0. The summed E-state index contributed by atoms with van der Waals surface area (Å²) < 4.78 is 2.20. The SMILES string of the molecule is CCCCCc1ccc(Cc2nc(N)n(Cc3ccccc3)c2CC(C)C)cc1. The fraction of sp³-hybridized carbons (Fsp3) is 0.423. The molecule has 2 aromatic carbocycles. The van der Waals surface area contributed by atoms with E-state index in [1.165, 1.54) is 48.1 Å². The summed E-state index contributed by atoms with van der Waals surface area (Å²) in [6, 6.07) is 19.6. The molecule has 0 fully saturated rings. The lowest BCUT2D eigenvalue weighted by Gasteiger charge is -2.13. The molecule has 3 rings (SSSR count). The molecule has 29 heavy (non-hydrogen) atoms. The summed E-state index contributed by atoms with van der Waals surface area (Å²) in [6.45, 7) is 7.54. The number of unbranched alkanes of at least 4 members (excludes halogenated alkanes) is 2. The fourth-order valence-electron chi connectivity index (χ4n) is 3.85. The van der Waals surface area contributed by atoms with Gasteiger partial charge in [-0.2, -0.15) is 0 Å². The number of hydrogen-bond acceptors (Lipinski definition) is 2. The van der Waals surface area contributed by atoms with Gasteiger partial charge in [-0.25, -0.2) is 4.98 Å². The molecular weight excluding hydrogens is 354 g/mol. The van der Waals surface area contributed by atoms with Gasteiger partial charge in [0, 0.05) is 12.1 Å². The van der Waals surface area contributed by atoms with Crippen molar-refractivity contribution in [3.8, 4) is 0 Å². The van der Waals surface area contributed by atoms with E-state index in [1.807, 2.05) is 6.07 Å². The van der Waals surface area contributed by atoms with E-state index in [1.54, 1.807) is 0 Å². The van der Waals surface area contributed by atoms with Crippen molar-refractivity contribution in [2.24, 2.45) is 5.92 Å². The van der Waals surface area contributed by atoms with Crippen molar-refractivity contribution in [2.45, 2.75) is 65.8 Å². The second kappa shape index (κ2) is 10.3. The Kier molecular flexibility index (Phi) is 7.51. The highest BCUT2D eigenvalue weighted by molar-refractivity contribution is 5.36. The Morgan fingerprint density at radius 1 is 0.897 bits per heavy atom. The maximum atomic E-state index is 6.36. The molecule has 0 aliphatic rings. The number of anilines is 1. The van der Waals surface area contributed by atoms with Crippen LogP contribution in [-0.2, 0) is 25.8 Å². The van der Waals surface area contributed by atoms with Crippen molar-refractivity contribution >= 4 is 5.95 Å². The number of aryl methyl sites for hydroxylation is 1. The molecule has 2 N–H and O–H groups in total. The molecule has 0 unspecified atom stereocenters. The van der Waals surface area contributed by atoms with Crippen LogP contribution in [0.4, 0.5) is 5.95 Å². The number of aromatic nitrogens is 2. The van der Waals surface area contributed by atoms with Crippen LogP contribution in [0.25, 0.3) is 0 Å². The average molecular weight is 390 g/mol. The van der Waals surface area contributed by atoms with Gasteiger partial charge in [-0.15, -0.1) is 0 Å². The summed E-state index contributed by atoms with van der Waals surface area (Å²) in [5.41, 5.74) is 12.7. The summed E-state index contributed by atoms with van der Waals surface area (Å²) in [4.78, 5) is 4.78. The molecule has 0 spiro atoms.